The average Bonchev–Trinajstić information content (AvgIpc) is 3.26. The van der Waals surface area contributed by atoms with Crippen LogP contribution in [0.5, 0.6) is 0 Å². The number of thioether (sulfide) groups is 1. The molecule has 1 fully saturated rings. The third kappa shape index (κ3) is 2.75. The average molecular weight is 362 g/mol. The van der Waals surface area contributed by atoms with Crippen LogP contribution in [-0.2, 0) is 5.75 Å². The molecular weight excluding hydrogens is 342 g/mol. The number of aryl methyl sites for hydroxylation is 2. The minimum atomic E-state index is 0.429. The van der Waals surface area contributed by atoms with E-state index in [4.69, 9.17) is 5.73 Å². The summed E-state index contributed by atoms with van der Waals surface area (Å²) < 4.78 is 1.96. The van der Waals surface area contributed by atoms with Crippen LogP contribution < -0.4 is 5.73 Å². The largest absolute Gasteiger partial charge is 0.383 e. The zero-order chi connectivity index (χ0) is 16.7. The molecule has 0 unspecified atom stereocenters. The highest BCUT2D eigenvalue weighted by Crippen LogP contribution is 2.34. The molecule has 1 aliphatic rings. The van der Waals surface area contributed by atoms with Gasteiger partial charge in [-0.1, -0.05) is 24.6 Å². The molecule has 0 aliphatic heterocycles. The Labute approximate surface area is 148 Å². The number of hydrogen-bond acceptors (Lipinski definition) is 8. The smallest absolute Gasteiger partial charge is 0.210 e. The molecule has 4 rings (SSSR count). The van der Waals surface area contributed by atoms with Gasteiger partial charge in [0, 0.05) is 4.88 Å². The van der Waals surface area contributed by atoms with Crippen molar-refractivity contribution in [3.8, 4) is 0 Å². The molecule has 0 radical (unpaired) electrons. The van der Waals surface area contributed by atoms with Gasteiger partial charge in [0.2, 0.25) is 5.16 Å². The molecule has 0 atom stereocenters. The predicted octanol–water partition coefficient (Wildman–Crippen LogP) is 3.28. The predicted molar refractivity (Wildman–Crippen MR) is 96.2 cm³/mol. The van der Waals surface area contributed by atoms with Gasteiger partial charge in [0.15, 0.2) is 0 Å². The lowest BCUT2D eigenvalue weighted by molar-refractivity contribution is 0.423. The van der Waals surface area contributed by atoms with Crippen molar-refractivity contribution in [2.24, 2.45) is 0 Å². The normalized spacial score (nSPS) is 15.6. The van der Waals surface area contributed by atoms with E-state index in [0.29, 0.717) is 17.6 Å². The maximum absolute atomic E-state index is 6.15. The van der Waals surface area contributed by atoms with Crippen molar-refractivity contribution in [3.05, 3.63) is 16.3 Å². The molecule has 0 amide bonds. The monoisotopic (exact) mass is 361 g/mol. The number of hydrogen-bond donors (Lipinski definition) is 1. The van der Waals surface area contributed by atoms with Crippen molar-refractivity contribution in [1.82, 2.24) is 30.2 Å². The van der Waals surface area contributed by atoms with Gasteiger partial charge in [-0.2, -0.15) is 0 Å². The Morgan fingerprint density at radius 1 is 1.25 bits per heavy atom. The lowest BCUT2D eigenvalue weighted by Gasteiger charge is -2.10. The molecule has 9 heteroatoms. The topological polar surface area (TPSA) is 95.4 Å². The summed E-state index contributed by atoms with van der Waals surface area (Å²) in [5.41, 5.74) is 7.33. The molecule has 24 heavy (non-hydrogen) atoms. The quantitative estimate of drug-likeness (QED) is 0.712. The van der Waals surface area contributed by atoms with Crippen molar-refractivity contribution in [3.63, 3.8) is 0 Å². The summed E-state index contributed by atoms with van der Waals surface area (Å²) in [5.74, 6) is 1.91. The number of anilines is 1. The molecule has 1 saturated carbocycles. The zero-order valence-corrected chi connectivity index (χ0v) is 15.3. The Bertz CT molecular complexity index is 879. The van der Waals surface area contributed by atoms with Crippen LogP contribution in [0.1, 0.15) is 48.0 Å². The second-order valence-corrected chi connectivity index (χ2v) is 8.27. The molecule has 3 aromatic heterocycles. The first-order valence-electron chi connectivity index (χ1n) is 8.06. The van der Waals surface area contributed by atoms with Crippen LogP contribution in [0.3, 0.4) is 0 Å². The van der Waals surface area contributed by atoms with Crippen LogP contribution in [0.2, 0.25) is 0 Å². The van der Waals surface area contributed by atoms with E-state index >= 15 is 0 Å². The molecule has 3 heterocycles. The summed E-state index contributed by atoms with van der Waals surface area (Å²) in [5, 5.41) is 14.0. The van der Waals surface area contributed by atoms with Crippen LogP contribution in [0.4, 0.5) is 5.82 Å². The highest BCUT2D eigenvalue weighted by Gasteiger charge is 2.22. The molecule has 126 valence electrons. The molecule has 0 aromatic carbocycles. The van der Waals surface area contributed by atoms with Gasteiger partial charge in [0.1, 0.15) is 16.5 Å². The van der Waals surface area contributed by atoms with Crippen molar-refractivity contribution in [2.75, 3.05) is 5.73 Å². The molecule has 7 nitrogen and oxygen atoms in total. The van der Waals surface area contributed by atoms with Crippen molar-refractivity contribution >= 4 is 39.1 Å². The fourth-order valence-corrected chi connectivity index (χ4v) is 5.03. The van der Waals surface area contributed by atoms with Gasteiger partial charge >= 0.3 is 0 Å². The van der Waals surface area contributed by atoms with Crippen LogP contribution in [0, 0.1) is 13.8 Å². The Morgan fingerprint density at radius 3 is 2.83 bits per heavy atom. The molecule has 0 bridgehead atoms. The van der Waals surface area contributed by atoms with Gasteiger partial charge in [-0.3, -0.25) is 0 Å². The molecule has 1 aliphatic carbocycles. The standard InChI is InChI=1S/C15H19N7S2/c1-8-9(2)24-14-12(8)13(16)17-11(18-14)7-23-15-19-20-21-22(15)10-5-3-4-6-10/h10H,3-7H2,1-2H3,(H2,16,17,18). The summed E-state index contributed by atoms with van der Waals surface area (Å²) in [6.45, 7) is 4.16. The number of tetrazole rings is 1. The van der Waals surface area contributed by atoms with E-state index in [1.165, 1.54) is 23.3 Å². The number of rotatable bonds is 4. The van der Waals surface area contributed by atoms with Crippen LogP contribution in [0.15, 0.2) is 5.16 Å². The van der Waals surface area contributed by atoms with Crippen molar-refractivity contribution < 1.29 is 0 Å². The highest BCUT2D eigenvalue weighted by molar-refractivity contribution is 7.98. The Balaban J connectivity index is 1.56. The number of thiophene rings is 1. The summed E-state index contributed by atoms with van der Waals surface area (Å²) >= 11 is 3.24. The highest BCUT2D eigenvalue weighted by atomic mass is 32.2. The van der Waals surface area contributed by atoms with Crippen LogP contribution in [0.25, 0.3) is 10.2 Å². The fraction of sp³-hybridized carbons (Fsp3) is 0.533. The van der Waals surface area contributed by atoms with E-state index in [-0.39, 0.29) is 0 Å². The third-order valence-electron chi connectivity index (χ3n) is 4.57. The van der Waals surface area contributed by atoms with Gasteiger partial charge in [-0.05, 0) is 42.7 Å². The third-order valence-corrected chi connectivity index (χ3v) is 6.60. The first kappa shape index (κ1) is 15.8. The van der Waals surface area contributed by atoms with Crippen molar-refractivity contribution in [1.29, 1.82) is 0 Å². The van der Waals surface area contributed by atoms with E-state index in [2.05, 4.69) is 39.3 Å². The number of nitrogens with zero attached hydrogens (tertiary/aromatic N) is 6. The Hall–Kier alpha value is -1.74. The van der Waals surface area contributed by atoms with Crippen LogP contribution in [-0.4, -0.2) is 30.2 Å². The summed E-state index contributed by atoms with van der Waals surface area (Å²) in [6, 6.07) is 0.429. The SMILES string of the molecule is Cc1sc2nc(CSc3nnnn3C3CCCC3)nc(N)c2c1C. The van der Waals surface area contributed by atoms with E-state index in [1.807, 2.05) is 4.68 Å². The van der Waals surface area contributed by atoms with Crippen molar-refractivity contribution in [2.45, 2.75) is 56.5 Å². The summed E-state index contributed by atoms with van der Waals surface area (Å²) in [6.07, 6.45) is 4.81. The fourth-order valence-electron chi connectivity index (χ4n) is 3.18. The Kier molecular flexibility index (Phi) is 4.13. The Morgan fingerprint density at radius 2 is 2.04 bits per heavy atom. The summed E-state index contributed by atoms with van der Waals surface area (Å²) in [7, 11) is 0. The molecular formula is C15H19N7S2. The van der Waals surface area contributed by atoms with E-state index in [9.17, 15) is 0 Å². The minimum absolute atomic E-state index is 0.429. The maximum Gasteiger partial charge on any atom is 0.210 e. The number of nitrogens with two attached hydrogens (primary N) is 1. The summed E-state index contributed by atoms with van der Waals surface area (Å²) in [4.78, 5) is 11.3. The van der Waals surface area contributed by atoms with E-state index in [1.54, 1.807) is 23.1 Å². The second kappa shape index (κ2) is 6.29. The molecule has 3 aromatic rings. The maximum atomic E-state index is 6.15. The van der Waals surface area contributed by atoms with E-state index in [0.717, 1.165) is 34.0 Å². The van der Waals surface area contributed by atoms with Gasteiger partial charge in [-0.25, -0.2) is 14.6 Å². The second-order valence-electron chi connectivity index (χ2n) is 6.12. The lowest BCUT2D eigenvalue weighted by atomic mass is 10.2. The van der Waals surface area contributed by atoms with E-state index < -0.39 is 0 Å². The first-order chi connectivity index (χ1) is 11.6. The number of fused-ring (bicyclic) bond motifs is 1. The van der Waals surface area contributed by atoms with Gasteiger partial charge in [0.25, 0.3) is 0 Å². The number of nitrogen functional groups attached to an aromatic ring is 1. The van der Waals surface area contributed by atoms with Gasteiger partial charge in [-0.15, -0.1) is 16.4 Å². The van der Waals surface area contributed by atoms with Crippen LogP contribution >= 0.6 is 23.1 Å². The van der Waals surface area contributed by atoms with Gasteiger partial charge < -0.3 is 5.73 Å². The molecule has 2 N–H and O–H groups in total. The minimum Gasteiger partial charge on any atom is -0.383 e. The first-order valence-corrected chi connectivity index (χ1v) is 9.86. The van der Waals surface area contributed by atoms with Gasteiger partial charge in [0.05, 0.1) is 17.2 Å². The molecule has 0 spiro atoms. The molecule has 0 saturated heterocycles. The lowest BCUT2D eigenvalue weighted by Crippen LogP contribution is -2.08. The number of aromatic nitrogens is 6. The zero-order valence-electron chi connectivity index (χ0n) is 13.7.